The minimum atomic E-state index is -4.49. The molecule has 1 aliphatic heterocycles. The largest absolute Gasteiger partial charge is 0.482 e. The number of alkyl halides is 3. The number of carbonyl (C=O) groups is 2. The van der Waals surface area contributed by atoms with Crippen molar-refractivity contribution in [3.05, 3.63) is 65.4 Å². The summed E-state index contributed by atoms with van der Waals surface area (Å²) in [5.74, 6) is -0.735. The molecule has 1 atom stereocenters. The van der Waals surface area contributed by atoms with E-state index in [1.165, 1.54) is 17.9 Å². The summed E-state index contributed by atoms with van der Waals surface area (Å²) in [6.45, 7) is 1.70. The van der Waals surface area contributed by atoms with Crippen LogP contribution < -0.4 is 10.1 Å². The Morgan fingerprint density at radius 2 is 1.90 bits per heavy atom. The van der Waals surface area contributed by atoms with Gasteiger partial charge in [-0.25, -0.2) is 0 Å². The first kappa shape index (κ1) is 21.4. The number of nitrogens with zero attached hydrogens (tertiary/aromatic N) is 1. The highest BCUT2D eigenvalue weighted by Crippen LogP contribution is 2.34. The number of ether oxygens (including phenoxy) is 1. The molecule has 0 aliphatic carbocycles. The molecule has 30 heavy (non-hydrogen) atoms. The zero-order valence-corrected chi connectivity index (χ0v) is 16.5. The Kier molecular flexibility index (Phi) is 6.14. The van der Waals surface area contributed by atoms with Crippen molar-refractivity contribution < 1.29 is 27.5 Å². The summed E-state index contributed by atoms with van der Waals surface area (Å²) < 4.78 is 42.4. The van der Waals surface area contributed by atoms with E-state index in [1.807, 2.05) is 24.3 Å². The molecule has 158 valence electrons. The first-order valence-electron chi connectivity index (χ1n) is 9.30. The predicted molar refractivity (Wildman–Crippen MR) is 107 cm³/mol. The second-order valence-electron chi connectivity index (χ2n) is 7.04. The highest BCUT2D eigenvalue weighted by molar-refractivity contribution is 5.93. The Hall–Kier alpha value is -3.29. The number of halogens is 3. The van der Waals surface area contributed by atoms with Crippen molar-refractivity contribution in [1.82, 2.24) is 4.90 Å². The monoisotopic (exact) mass is 418 g/mol. The maximum atomic E-state index is 12.8. The summed E-state index contributed by atoms with van der Waals surface area (Å²) in [4.78, 5) is 26.3. The molecule has 0 radical (unpaired) electrons. The van der Waals surface area contributed by atoms with Gasteiger partial charge in [0.05, 0.1) is 18.2 Å². The molecule has 2 aromatic carbocycles. The molecule has 0 bridgehead atoms. The molecular formula is C22H21F3N2O3. The molecule has 0 saturated heterocycles. The topological polar surface area (TPSA) is 58.6 Å². The Labute approximate surface area is 172 Å². The second kappa shape index (κ2) is 8.61. The lowest BCUT2D eigenvalue weighted by Gasteiger charge is -2.32. The first-order chi connectivity index (χ1) is 14.1. The fraction of sp³-hybridized carbons (Fsp3) is 0.273. The van der Waals surface area contributed by atoms with Crippen molar-refractivity contribution in [1.29, 1.82) is 0 Å². The maximum Gasteiger partial charge on any atom is 0.422 e. The van der Waals surface area contributed by atoms with Gasteiger partial charge in [0.15, 0.2) is 6.61 Å². The van der Waals surface area contributed by atoms with Gasteiger partial charge in [0, 0.05) is 13.1 Å². The van der Waals surface area contributed by atoms with E-state index in [-0.39, 0.29) is 23.8 Å². The summed E-state index contributed by atoms with van der Waals surface area (Å²) in [6.07, 6.45) is -1.12. The SMILES string of the molecule is CC(=O)N1C=Cc2ccccc2C1CC(=O)Nc1cc(C)ccc1OCC(F)(F)F. The van der Waals surface area contributed by atoms with Crippen molar-refractivity contribution >= 4 is 23.6 Å². The lowest BCUT2D eigenvalue weighted by Crippen LogP contribution is -2.33. The van der Waals surface area contributed by atoms with E-state index in [9.17, 15) is 22.8 Å². The van der Waals surface area contributed by atoms with Gasteiger partial charge in [-0.15, -0.1) is 0 Å². The molecule has 1 unspecified atom stereocenters. The van der Waals surface area contributed by atoms with Crippen LogP contribution in [0, 0.1) is 6.92 Å². The van der Waals surface area contributed by atoms with Gasteiger partial charge in [-0.05, 0) is 41.8 Å². The third-order valence-electron chi connectivity index (χ3n) is 4.65. The van der Waals surface area contributed by atoms with Crippen LogP contribution in [0.2, 0.25) is 0 Å². The van der Waals surface area contributed by atoms with Crippen LogP contribution in [-0.4, -0.2) is 29.5 Å². The van der Waals surface area contributed by atoms with E-state index < -0.39 is 24.7 Å². The summed E-state index contributed by atoms with van der Waals surface area (Å²) in [5, 5.41) is 2.63. The molecule has 5 nitrogen and oxygen atoms in total. The Balaban J connectivity index is 1.80. The van der Waals surface area contributed by atoms with Crippen molar-refractivity contribution in [3.63, 3.8) is 0 Å². The first-order valence-corrected chi connectivity index (χ1v) is 9.30. The van der Waals surface area contributed by atoms with Crippen LogP contribution in [0.5, 0.6) is 5.75 Å². The van der Waals surface area contributed by atoms with Crippen molar-refractivity contribution in [2.45, 2.75) is 32.5 Å². The highest BCUT2D eigenvalue weighted by Gasteiger charge is 2.30. The number of hydrogen-bond acceptors (Lipinski definition) is 3. The van der Waals surface area contributed by atoms with Gasteiger partial charge in [0.1, 0.15) is 5.75 Å². The van der Waals surface area contributed by atoms with Gasteiger partial charge in [0.2, 0.25) is 11.8 Å². The van der Waals surface area contributed by atoms with Crippen LogP contribution in [0.15, 0.2) is 48.7 Å². The Bertz CT molecular complexity index is 986. The van der Waals surface area contributed by atoms with Crippen LogP contribution in [0.3, 0.4) is 0 Å². The molecule has 1 N–H and O–H groups in total. The normalized spacial score (nSPS) is 15.5. The Morgan fingerprint density at radius 3 is 2.60 bits per heavy atom. The second-order valence-corrected chi connectivity index (χ2v) is 7.04. The molecule has 1 aliphatic rings. The van der Waals surface area contributed by atoms with E-state index in [0.29, 0.717) is 0 Å². The third kappa shape index (κ3) is 5.20. The Morgan fingerprint density at radius 1 is 1.17 bits per heavy atom. The molecule has 0 fully saturated rings. The number of fused-ring (bicyclic) bond motifs is 1. The zero-order valence-electron chi connectivity index (χ0n) is 16.5. The van der Waals surface area contributed by atoms with Gasteiger partial charge >= 0.3 is 6.18 Å². The summed E-state index contributed by atoms with van der Waals surface area (Å²) in [7, 11) is 0. The van der Waals surface area contributed by atoms with Gasteiger partial charge in [-0.2, -0.15) is 13.2 Å². The van der Waals surface area contributed by atoms with Crippen LogP contribution in [0.1, 0.15) is 36.1 Å². The molecule has 2 aromatic rings. The molecule has 3 rings (SSSR count). The predicted octanol–water partition coefficient (Wildman–Crippen LogP) is 4.84. The average molecular weight is 418 g/mol. The quantitative estimate of drug-likeness (QED) is 0.756. The molecular weight excluding hydrogens is 397 g/mol. The summed E-state index contributed by atoms with van der Waals surface area (Å²) in [6, 6.07) is 11.4. The van der Waals surface area contributed by atoms with Gasteiger partial charge in [-0.1, -0.05) is 30.3 Å². The molecule has 0 saturated carbocycles. The number of hydrogen-bond donors (Lipinski definition) is 1. The van der Waals surface area contributed by atoms with E-state index >= 15 is 0 Å². The summed E-state index contributed by atoms with van der Waals surface area (Å²) >= 11 is 0. The number of amides is 2. The van der Waals surface area contributed by atoms with E-state index in [2.05, 4.69) is 5.32 Å². The summed E-state index contributed by atoms with van der Waals surface area (Å²) in [5.41, 5.74) is 2.62. The minimum absolute atomic E-state index is 0.0619. The number of nitrogens with one attached hydrogen (secondary N) is 1. The number of aryl methyl sites for hydroxylation is 1. The number of benzene rings is 2. The van der Waals surface area contributed by atoms with Crippen LogP contribution >= 0.6 is 0 Å². The highest BCUT2D eigenvalue weighted by atomic mass is 19.4. The van der Waals surface area contributed by atoms with E-state index in [4.69, 9.17) is 4.74 Å². The molecule has 1 heterocycles. The average Bonchev–Trinajstić information content (AvgIpc) is 2.66. The molecule has 0 aromatic heterocycles. The van der Waals surface area contributed by atoms with Gasteiger partial charge < -0.3 is 15.0 Å². The zero-order chi connectivity index (χ0) is 21.9. The van der Waals surface area contributed by atoms with Crippen LogP contribution in [-0.2, 0) is 9.59 Å². The lowest BCUT2D eigenvalue weighted by molar-refractivity contribution is -0.153. The third-order valence-corrected chi connectivity index (χ3v) is 4.65. The van der Waals surface area contributed by atoms with E-state index in [1.54, 1.807) is 31.3 Å². The number of rotatable bonds is 5. The molecule has 0 spiro atoms. The number of carbonyl (C=O) groups excluding carboxylic acids is 2. The maximum absolute atomic E-state index is 12.8. The smallest absolute Gasteiger partial charge is 0.422 e. The molecule has 8 heteroatoms. The van der Waals surface area contributed by atoms with Gasteiger partial charge in [-0.3, -0.25) is 9.59 Å². The number of anilines is 1. The molecule has 2 amide bonds. The lowest BCUT2D eigenvalue weighted by atomic mass is 9.93. The van der Waals surface area contributed by atoms with Crippen LogP contribution in [0.25, 0.3) is 6.08 Å². The van der Waals surface area contributed by atoms with Crippen molar-refractivity contribution in [2.24, 2.45) is 0 Å². The standard InChI is InChI=1S/C22H21F3N2O3/c1-14-7-8-20(30-13-22(23,24)25)18(11-14)26-21(29)12-19-17-6-4-3-5-16(17)9-10-27(19)15(2)28/h3-11,19H,12-13H2,1-2H3,(H,26,29). The fourth-order valence-corrected chi connectivity index (χ4v) is 3.32. The van der Waals surface area contributed by atoms with Crippen LogP contribution in [0.4, 0.5) is 18.9 Å². The fourth-order valence-electron chi connectivity index (χ4n) is 3.32. The van der Waals surface area contributed by atoms with Crippen molar-refractivity contribution in [2.75, 3.05) is 11.9 Å². The van der Waals surface area contributed by atoms with E-state index in [0.717, 1.165) is 16.7 Å². The van der Waals surface area contributed by atoms with Crippen molar-refractivity contribution in [3.8, 4) is 5.75 Å². The van der Waals surface area contributed by atoms with Gasteiger partial charge in [0.25, 0.3) is 0 Å². The minimum Gasteiger partial charge on any atom is -0.482 e.